The summed E-state index contributed by atoms with van der Waals surface area (Å²) in [7, 11) is 0. The van der Waals surface area contributed by atoms with E-state index in [1.54, 1.807) is 6.20 Å². The minimum atomic E-state index is -0.465. The van der Waals surface area contributed by atoms with Crippen LogP contribution in [0.3, 0.4) is 0 Å². The molecular formula is C18H23NO. The van der Waals surface area contributed by atoms with Crippen LogP contribution in [0, 0.1) is 20.8 Å². The first kappa shape index (κ1) is 14.7. The van der Waals surface area contributed by atoms with E-state index in [9.17, 15) is 5.11 Å². The van der Waals surface area contributed by atoms with Crippen molar-refractivity contribution < 1.29 is 5.11 Å². The average Bonchev–Trinajstić information content (AvgIpc) is 2.42. The number of hydrogen-bond acceptors (Lipinski definition) is 2. The molecule has 1 heterocycles. The summed E-state index contributed by atoms with van der Waals surface area (Å²) < 4.78 is 0. The van der Waals surface area contributed by atoms with Crippen molar-refractivity contribution in [3.05, 3.63) is 64.0 Å². The molecule has 1 atom stereocenters. The van der Waals surface area contributed by atoms with Gasteiger partial charge in [-0.1, -0.05) is 24.6 Å². The van der Waals surface area contributed by atoms with Gasteiger partial charge in [-0.05, 0) is 61.1 Å². The predicted molar refractivity (Wildman–Crippen MR) is 82.9 cm³/mol. The van der Waals surface area contributed by atoms with E-state index in [1.807, 2.05) is 12.3 Å². The number of rotatable bonds is 4. The van der Waals surface area contributed by atoms with Gasteiger partial charge >= 0.3 is 0 Å². The van der Waals surface area contributed by atoms with Crippen LogP contribution >= 0.6 is 0 Å². The Bertz CT molecular complexity index is 581. The smallest absolute Gasteiger partial charge is 0.0834 e. The maximum absolute atomic E-state index is 10.6. The molecule has 1 aromatic carbocycles. The van der Waals surface area contributed by atoms with Gasteiger partial charge in [-0.25, -0.2) is 0 Å². The summed E-state index contributed by atoms with van der Waals surface area (Å²) in [6, 6.07) is 6.30. The molecule has 106 valence electrons. The molecular weight excluding hydrogens is 246 g/mol. The van der Waals surface area contributed by atoms with Crippen LogP contribution in [0.5, 0.6) is 0 Å². The summed E-state index contributed by atoms with van der Waals surface area (Å²) in [5, 5.41) is 10.6. The van der Waals surface area contributed by atoms with Gasteiger partial charge in [-0.3, -0.25) is 4.98 Å². The number of nitrogens with zero attached hydrogens (tertiary/aromatic N) is 1. The van der Waals surface area contributed by atoms with Gasteiger partial charge in [0.25, 0.3) is 0 Å². The molecule has 1 N–H and O–H groups in total. The summed E-state index contributed by atoms with van der Waals surface area (Å²) in [6.45, 7) is 8.44. The average molecular weight is 269 g/mol. The standard InChI is InChI=1S/C18H23NO/c1-5-15-11-19-7-6-16(15)18(20)10-17-13(3)8-12(2)9-14(17)4/h6-9,11,18,20H,5,10H2,1-4H3. The summed E-state index contributed by atoms with van der Waals surface area (Å²) in [5.74, 6) is 0. The second kappa shape index (κ2) is 6.19. The van der Waals surface area contributed by atoms with Crippen LogP contribution in [-0.2, 0) is 12.8 Å². The molecule has 0 fully saturated rings. The molecule has 2 rings (SSSR count). The Morgan fingerprint density at radius 3 is 2.40 bits per heavy atom. The Labute approximate surface area is 121 Å². The van der Waals surface area contributed by atoms with Crippen LogP contribution < -0.4 is 0 Å². The van der Waals surface area contributed by atoms with Crippen molar-refractivity contribution in [2.45, 2.75) is 46.6 Å². The minimum Gasteiger partial charge on any atom is -0.388 e. The molecule has 20 heavy (non-hydrogen) atoms. The highest BCUT2D eigenvalue weighted by Crippen LogP contribution is 2.25. The van der Waals surface area contributed by atoms with E-state index in [2.05, 4.69) is 44.8 Å². The molecule has 1 aromatic heterocycles. The maximum Gasteiger partial charge on any atom is 0.0834 e. The predicted octanol–water partition coefficient (Wildman–Crippen LogP) is 3.85. The lowest BCUT2D eigenvalue weighted by molar-refractivity contribution is 0.177. The van der Waals surface area contributed by atoms with Crippen molar-refractivity contribution in [1.29, 1.82) is 0 Å². The normalized spacial score (nSPS) is 12.4. The van der Waals surface area contributed by atoms with Gasteiger partial charge in [-0.2, -0.15) is 0 Å². The van der Waals surface area contributed by atoms with E-state index in [1.165, 1.54) is 22.3 Å². The van der Waals surface area contributed by atoms with E-state index in [4.69, 9.17) is 0 Å². The number of aryl methyl sites for hydroxylation is 4. The third kappa shape index (κ3) is 3.07. The number of aliphatic hydroxyl groups is 1. The van der Waals surface area contributed by atoms with E-state index < -0.39 is 6.10 Å². The Hall–Kier alpha value is -1.67. The molecule has 1 unspecified atom stereocenters. The Kier molecular flexibility index (Phi) is 4.56. The lowest BCUT2D eigenvalue weighted by atomic mass is 9.91. The Balaban J connectivity index is 2.30. The lowest BCUT2D eigenvalue weighted by Gasteiger charge is -2.18. The fourth-order valence-electron chi connectivity index (χ4n) is 2.89. The fourth-order valence-corrected chi connectivity index (χ4v) is 2.89. The first-order valence-electron chi connectivity index (χ1n) is 7.20. The first-order valence-corrected chi connectivity index (χ1v) is 7.20. The number of pyridine rings is 1. The molecule has 2 nitrogen and oxygen atoms in total. The topological polar surface area (TPSA) is 33.1 Å². The molecule has 0 saturated heterocycles. The highest BCUT2D eigenvalue weighted by atomic mass is 16.3. The zero-order valence-electron chi connectivity index (χ0n) is 12.8. The first-order chi connectivity index (χ1) is 9.52. The summed E-state index contributed by atoms with van der Waals surface area (Å²) >= 11 is 0. The van der Waals surface area contributed by atoms with Gasteiger partial charge in [0.05, 0.1) is 6.10 Å². The van der Waals surface area contributed by atoms with E-state index in [0.29, 0.717) is 6.42 Å². The third-order valence-corrected chi connectivity index (χ3v) is 3.92. The van der Waals surface area contributed by atoms with Crippen molar-refractivity contribution in [3.8, 4) is 0 Å². The van der Waals surface area contributed by atoms with Gasteiger partial charge in [0.2, 0.25) is 0 Å². The monoisotopic (exact) mass is 269 g/mol. The van der Waals surface area contributed by atoms with Gasteiger partial charge < -0.3 is 5.11 Å². The second-order valence-corrected chi connectivity index (χ2v) is 5.53. The highest BCUT2D eigenvalue weighted by Gasteiger charge is 2.15. The van der Waals surface area contributed by atoms with Gasteiger partial charge in [0.1, 0.15) is 0 Å². The zero-order valence-corrected chi connectivity index (χ0v) is 12.8. The van der Waals surface area contributed by atoms with Crippen molar-refractivity contribution in [1.82, 2.24) is 4.98 Å². The molecule has 0 radical (unpaired) electrons. The molecule has 0 bridgehead atoms. The van der Waals surface area contributed by atoms with Crippen molar-refractivity contribution in [3.63, 3.8) is 0 Å². The number of benzene rings is 1. The summed E-state index contributed by atoms with van der Waals surface area (Å²) in [6.07, 6.45) is 4.70. The Morgan fingerprint density at radius 1 is 1.15 bits per heavy atom. The van der Waals surface area contributed by atoms with E-state index in [0.717, 1.165) is 17.5 Å². The second-order valence-electron chi connectivity index (χ2n) is 5.53. The van der Waals surface area contributed by atoms with Crippen molar-refractivity contribution >= 4 is 0 Å². The third-order valence-electron chi connectivity index (χ3n) is 3.92. The summed E-state index contributed by atoms with van der Waals surface area (Å²) in [5.41, 5.74) is 7.17. The van der Waals surface area contributed by atoms with Crippen LogP contribution in [0.2, 0.25) is 0 Å². The fraction of sp³-hybridized carbons (Fsp3) is 0.389. The molecule has 2 aromatic rings. The van der Waals surface area contributed by atoms with Crippen LogP contribution in [0.15, 0.2) is 30.6 Å². The zero-order chi connectivity index (χ0) is 14.7. The minimum absolute atomic E-state index is 0.465. The van der Waals surface area contributed by atoms with Gasteiger partial charge in [0.15, 0.2) is 0 Å². The quantitative estimate of drug-likeness (QED) is 0.914. The molecule has 0 amide bonds. The van der Waals surface area contributed by atoms with Crippen LogP contribution in [0.25, 0.3) is 0 Å². The van der Waals surface area contributed by atoms with E-state index in [-0.39, 0.29) is 0 Å². The Morgan fingerprint density at radius 2 is 1.80 bits per heavy atom. The van der Waals surface area contributed by atoms with Gasteiger partial charge in [0, 0.05) is 18.8 Å². The maximum atomic E-state index is 10.6. The molecule has 0 aliphatic carbocycles. The molecule has 0 spiro atoms. The van der Waals surface area contributed by atoms with Crippen LogP contribution in [0.4, 0.5) is 0 Å². The molecule has 2 heteroatoms. The van der Waals surface area contributed by atoms with Crippen molar-refractivity contribution in [2.75, 3.05) is 0 Å². The summed E-state index contributed by atoms with van der Waals surface area (Å²) in [4.78, 5) is 4.14. The van der Waals surface area contributed by atoms with Crippen LogP contribution in [0.1, 0.15) is 46.4 Å². The molecule has 0 aliphatic rings. The number of aromatic nitrogens is 1. The molecule has 0 saturated carbocycles. The molecule has 0 aliphatic heterocycles. The largest absolute Gasteiger partial charge is 0.388 e. The highest BCUT2D eigenvalue weighted by molar-refractivity contribution is 5.39. The number of hydrogen-bond donors (Lipinski definition) is 1. The van der Waals surface area contributed by atoms with Crippen LogP contribution in [-0.4, -0.2) is 10.1 Å². The van der Waals surface area contributed by atoms with Gasteiger partial charge in [-0.15, -0.1) is 0 Å². The van der Waals surface area contributed by atoms with E-state index >= 15 is 0 Å². The lowest BCUT2D eigenvalue weighted by Crippen LogP contribution is -2.08. The number of aliphatic hydroxyl groups excluding tert-OH is 1. The van der Waals surface area contributed by atoms with Crippen molar-refractivity contribution in [2.24, 2.45) is 0 Å². The SMILES string of the molecule is CCc1cnccc1C(O)Cc1c(C)cc(C)cc1C.